The number of carbonyl (C=O) groups excluding carboxylic acids is 1. The fraction of sp³-hybridized carbons (Fsp3) is 0.222. The molecule has 3 rings (SSSR count). The number of amides is 1. The second kappa shape index (κ2) is 8.55. The van der Waals surface area contributed by atoms with Crippen LogP contribution in [0.4, 0.5) is 0 Å². The number of furan rings is 1. The lowest BCUT2D eigenvalue weighted by atomic mass is 10.2. The highest BCUT2D eigenvalue weighted by atomic mass is 32.2. The number of aromatic nitrogens is 2. The highest BCUT2D eigenvalue weighted by Gasteiger charge is 2.11. The van der Waals surface area contributed by atoms with Crippen molar-refractivity contribution in [2.45, 2.75) is 24.9 Å². The average Bonchev–Trinajstić information content (AvgIpc) is 3.29. The van der Waals surface area contributed by atoms with Gasteiger partial charge in [-0.2, -0.15) is 0 Å². The molecule has 0 spiro atoms. The van der Waals surface area contributed by atoms with Gasteiger partial charge in [0.25, 0.3) is 0 Å². The minimum absolute atomic E-state index is 0.0961. The number of imidazole rings is 1. The molecule has 130 valence electrons. The van der Waals surface area contributed by atoms with E-state index in [-0.39, 0.29) is 18.3 Å². The number of thioether (sulfide) groups is 1. The van der Waals surface area contributed by atoms with Crippen molar-refractivity contribution in [1.29, 1.82) is 0 Å². The molecule has 1 amide bonds. The zero-order chi connectivity index (χ0) is 17.5. The topological polar surface area (TPSA) is 80.3 Å². The first-order valence-corrected chi connectivity index (χ1v) is 8.86. The van der Waals surface area contributed by atoms with Crippen molar-refractivity contribution >= 4 is 17.7 Å². The quantitative estimate of drug-likeness (QED) is 0.605. The Bertz CT molecular complexity index is 800. The van der Waals surface area contributed by atoms with Gasteiger partial charge in [0, 0.05) is 12.7 Å². The summed E-state index contributed by atoms with van der Waals surface area (Å²) in [5.41, 5.74) is 1.72. The predicted octanol–water partition coefficient (Wildman–Crippen LogP) is 2.43. The number of hydrogen-bond donors (Lipinski definition) is 2. The Hall–Kier alpha value is -2.51. The number of benzene rings is 1. The normalized spacial score (nSPS) is 10.8. The molecule has 0 atom stereocenters. The minimum Gasteiger partial charge on any atom is -0.467 e. The van der Waals surface area contributed by atoms with Crippen LogP contribution in [0.25, 0.3) is 0 Å². The van der Waals surface area contributed by atoms with Gasteiger partial charge >= 0.3 is 0 Å². The van der Waals surface area contributed by atoms with Crippen LogP contribution < -0.4 is 5.32 Å². The summed E-state index contributed by atoms with van der Waals surface area (Å²) >= 11 is 1.35. The Labute approximate surface area is 149 Å². The summed E-state index contributed by atoms with van der Waals surface area (Å²) in [5, 5.41) is 12.8. The maximum atomic E-state index is 12.0. The van der Waals surface area contributed by atoms with Gasteiger partial charge in [0.15, 0.2) is 5.16 Å². The molecule has 2 heterocycles. The molecule has 0 radical (unpaired) electrons. The summed E-state index contributed by atoms with van der Waals surface area (Å²) in [6.07, 6.45) is 3.39. The summed E-state index contributed by atoms with van der Waals surface area (Å²) < 4.78 is 7.13. The van der Waals surface area contributed by atoms with E-state index in [1.165, 1.54) is 11.8 Å². The number of nitrogens with zero attached hydrogens (tertiary/aromatic N) is 2. The fourth-order valence-corrected chi connectivity index (χ4v) is 3.14. The van der Waals surface area contributed by atoms with Crippen LogP contribution in [0.5, 0.6) is 0 Å². The van der Waals surface area contributed by atoms with Crippen molar-refractivity contribution in [3.8, 4) is 0 Å². The summed E-state index contributed by atoms with van der Waals surface area (Å²) in [4.78, 5) is 16.4. The first-order valence-electron chi connectivity index (χ1n) is 7.87. The number of nitrogens with one attached hydrogen (secondary N) is 1. The molecule has 0 fully saturated rings. The highest BCUT2D eigenvalue weighted by Crippen LogP contribution is 2.19. The van der Waals surface area contributed by atoms with E-state index in [4.69, 9.17) is 4.42 Å². The zero-order valence-corrected chi connectivity index (χ0v) is 14.4. The molecule has 0 unspecified atom stereocenters. The molecular weight excluding hydrogens is 338 g/mol. The number of rotatable bonds is 8. The molecule has 0 aliphatic heterocycles. The number of aliphatic hydroxyl groups excluding tert-OH is 1. The molecule has 3 aromatic rings. The van der Waals surface area contributed by atoms with E-state index in [1.807, 2.05) is 47.2 Å². The van der Waals surface area contributed by atoms with Gasteiger partial charge in [-0.3, -0.25) is 4.79 Å². The molecule has 7 heteroatoms. The third kappa shape index (κ3) is 4.98. The van der Waals surface area contributed by atoms with Crippen LogP contribution in [0.1, 0.15) is 17.0 Å². The number of aliphatic hydroxyl groups is 1. The Balaban J connectivity index is 1.59. The van der Waals surface area contributed by atoms with E-state index < -0.39 is 0 Å². The van der Waals surface area contributed by atoms with E-state index in [9.17, 15) is 9.90 Å². The molecule has 0 aliphatic rings. The molecule has 1 aromatic carbocycles. The van der Waals surface area contributed by atoms with Crippen molar-refractivity contribution in [3.05, 3.63) is 71.9 Å². The maximum absolute atomic E-state index is 12.0. The molecular formula is C18H19N3O3S. The molecule has 25 heavy (non-hydrogen) atoms. The molecule has 2 N–H and O–H groups in total. The van der Waals surface area contributed by atoms with E-state index in [1.54, 1.807) is 12.3 Å². The number of carbonyl (C=O) groups is 1. The Morgan fingerprint density at radius 2 is 2.08 bits per heavy atom. The number of hydrogen-bond acceptors (Lipinski definition) is 5. The van der Waals surface area contributed by atoms with Gasteiger partial charge in [-0.15, -0.1) is 0 Å². The van der Waals surface area contributed by atoms with Gasteiger partial charge in [-0.1, -0.05) is 42.1 Å². The first kappa shape index (κ1) is 17.3. The minimum atomic E-state index is -0.125. The Morgan fingerprint density at radius 3 is 2.80 bits per heavy atom. The summed E-state index contributed by atoms with van der Waals surface area (Å²) in [7, 11) is 0. The van der Waals surface area contributed by atoms with Crippen LogP contribution >= 0.6 is 11.8 Å². The zero-order valence-electron chi connectivity index (χ0n) is 13.6. The first-order chi connectivity index (χ1) is 12.2. The smallest absolute Gasteiger partial charge is 0.230 e. The molecule has 0 saturated heterocycles. The maximum Gasteiger partial charge on any atom is 0.230 e. The third-order valence-corrected chi connectivity index (χ3v) is 4.51. The lowest BCUT2D eigenvalue weighted by Crippen LogP contribution is -2.24. The third-order valence-electron chi connectivity index (χ3n) is 3.52. The van der Waals surface area contributed by atoms with Crippen molar-refractivity contribution in [2.75, 3.05) is 5.75 Å². The van der Waals surface area contributed by atoms with E-state index in [0.29, 0.717) is 29.7 Å². The van der Waals surface area contributed by atoms with Crippen molar-refractivity contribution < 1.29 is 14.3 Å². The molecule has 0 bridgehead atoms. The van der Waals surface area contributed by atoms with Crippen LogP contribution in [0.3, 0.4) is 0 Å². The van der Waals surface area contributed by atoms with Gasteiger partial charge in [-0.25, -0.2) is 4.98 Å². The molecule has 6 nitrogen and oxygen atoms in total. The highest BCUT2D eigenvalue weighted by molar-refractivity contribution is 7.99. The van der Waals surface area contributed by atoms with Crippen LogP contribution in [0.2, 0.25) is 0 Å². The van der Waals surface area contributed by atoms with Gasteiger partial charge in [0.1, 0.15) is 5.76 Å². The van der Waals surface area contributed by atoms with Gasteiger partial charge in [0.2, 0.25) is 5.91 Å². The monoisotopic (exact) mass is 357 g/mol. The summed E-state index contributed by atoms with van der Waals surface area (Å²) in [6, 6.07) is 13.6. The van der Waals surface area contributed by atoms with Crippen LogP contribution in [-0.2, 0) is 24.5 Å². The van der Waals surface area contributed by atoms with Crippen molar-refractivity contribution in [2.24, 2.45) is 0 Å². The predicted molar refractivity (Wildman–Crippen MR) is 95.0 cm³/mol. The second-order valence-corrected chi connectivity index (χ2v) is 6.37. The Kier molecular flexibility index (Phi) is 5.92. The molecule has 0 saturated carbocycles. The average molecular weight is 357 g/mol. The van der Waals surface area contributed by atoms with Gasteiger partial charge in [0.05, 0.1) is 30.9 Å². The van der Waals surface area contributed by atoms with Crippen LogP contribution in [0.15, 0.2) is 64.5 Å². The van der Waals surface area contributed by atoms with E-state index in [0.717, 1.165) is 5.56 Å². The van der Waals surface area contributed by atoms with Crippen LogP contribution in [0, 0.1) is 0 Å². The lowest BCUT2D eigenvalue weighted by Gasteiger charge is -2.07. The van der Waals surface area contributed by atoms with E-state index >= 15 is 0 Å². The fourth-order valence-electron chi connectivity index (χ4n) is 2.32. The van der Waals surface area contributed by atoms with Gasteiger partial charge in [-0.05, 0) is 17.7 Å². The molecule has 0 aliphatic carbocycles. The lowest BCUT2D eigenvalue weighted by molar-refractivity contribution is -0.118. The van der Waals surface area contributed by atoms with Gasteiger partial charge < -0.3 is 19.4 Å². The van der Waals surface area contributed by atoms with Crippen molar-refractivity contribution in [1.82, 2.24) is 14.9 Å². The standard InChI is InChI=1S/C18H19N3O3S/c22-12-15-11-21(10-14-5-2-1-3-6-14)18(20-15)25-13-17(23)19-9-16-7-4-8-24-16/h1-8,11,22H,9-10,12-13H2,(H,19,23). The Morgan fingerprint density at radius 1 is 1.24 bits per heavy atom. The SMILES string of the molecule is O=C(CSc1nc(CO)cn1Cc1ccccc1)NCc1ccco1. The summed E-state index contributed by atoms with van der Waals surface area (Å²) in [5.74, 6) is 0.866. The van der Waals surface area contributed by atoms with Crippen molar-refractivity contribution in [3.63, 3.8) is 0 Å². The van der Waals surface area contributed by atoms with Crippen LogP contribution in [-0.4, -0.2) is 26.3 Å². The molecule has 2 aromatic heterocycles. The largest absolute Gasteiger partial charge is 0.467 e. The van der Waals surface area contributed by atoms with E-state index in [2.05, 4.69) is 10.3 Å². The second-order valence-electron chi connectivity index (χ2n) is 5.43. The summed E-state index contributed by atoms with van der Waals surface area (Å²) in [6.45, 7) is 0.886.